The van der Waals surface area contributed by atoms with Gasteiger partial charge in [0.2, 0.25) is 0 Å². The molecule has 0 aromatic carbocycles. The lowest BCUT2D eigenvalue weighted by Crippen LogP contribution is -2.46. The second-order valence-electron chi connectivity index (χ2n) is 3.58. The topological polar surface area (TPSA) is 78.4 Å². The molecule has 0 saturated heterocycles. The summed E-state index contributed by atoms with van der Waals surface area (Å²) in [6, 6.07) is 0.738. The Morgan fingerprint density at radius 1 is 1.53 bits per heavy atom. The van der Waals surface area contributed by atoms with Crippen molar-refractivity contribution in [2.45, 2.75) is 25.8 Å². The van der Waals surface area contributed by atoms with Crippen molar-refractivity contribution in [2.75, 3.05) is 6.54 Å². The number of carbonyl (C=O) groups excluding carboxylic acids is 1. The Kier molecular flexibility index (Phi) is 5.48. The van der Waals surface area contributed by atoms with Gasteiger partial charge in [-0.2, -0.15) is 11.3 Å². The zero-order valence-electron chi connectivity index (χ0n) is 9.60. The summed E-state index contributed by atoms with van der Waals surface area (Å²) in [6.07, 6.45) is 1.12. The van der Waals surface area contributed by atoms with E-state index in [2.05, 4.69) is 10.6 Å². The van der Waals surface area contributed by atoms with Crippen LogP contribution in [0, 0.1) is 0 Å². The summed E-state index contributed by atoms with van der Waals surface area (Å²) < 4.78 is 0. The molecule has 0 aliphatic heterocycles. The minimum Gasteiger partial charge on any atom is -0.480 e. The Bertz CT molecular complexity index is 365. The molecule has 3 N–H and O–H groups in total. The van der Waals surface area contributed by atoms with Crippen molar-refractivity contribution in [3.63, 3.8) is 0 Å². The first-order valence-electron chi connectivity index (χ1n) is 5.41. The summed E-state index contributed by atoms with van der Waals surface area (Å²) in [5.41, 5.74) is 1.17. The van der Waals surface area contributed by atoms with E-state index in [1.807, 2.05) is 16.8 Å². The quantitative estimate of drug-likeness (QED) is 0.721. The average molecular weight is 256 g/mol. The fourth-order valence-corrected chi connectivity index (χ4v) is 2.01. The molecule has 0 bridgehead atoms. The molecule has 17 heavy (non-hydrogen) atoms. The number of nitrogens with one attached hydrogen (secondary N) is 2. The van der Waals surface area contributed by atoms with Crippen LogP contribution in [0.3, 0.4) is 0 Å². The third-order valence-corrected chi connectivity index (χ3v) is 3.02. The second kappa shape index (κ2) is 6.90. The van der Waals surface area contributed by atoms with Gasteiger partial charge in [-0.05, 0) is 35.2 Å². The van der Waals surface area contributed by atoms with Crippen molar-refractivity contribution in [3.8, 4) is 0 Å². The molecule has 0 fully saturated rings. The van der Waals surface area contributed by atoms with Crippen molar-refractivity contribution in [3.05, 3.63) is 22.4 Å². The van der Waals surface area contributed by atoms with Gasteiger partial charge in [0, 0.05) is 6.54 Å². The number of aliphatic carboxylic acids is 1. The minimum absolute atomic E-state index is 0.368. The predicted molar refractivity (Wildman–Crippen MR) is 66.3 cm³/mol. The molecule has 0 aliphatic carbocycles. The van der Waals surface area contributed by atoms with Gasteiger partial charge in [-0.15, -0.1) is 0 Å². The lowest BCUT2D eigenvalue weighted by Gasteiger charge is -2.12. The number of urea groups is 1. The number of carbonyl (C=O) groups is 2. The maximum absolute atomic E-state index is 11.4. The zero-order chi connectivity index (χ0) is 12.7. The molecule has 0 saturated carbocycles. The number of hydrogen-bond donors (Lipinski definition) is 3. The van der Waals surface area contributed by atoms with E-state index in [9.17, 15) is 9.59 Å². The molecule has 1 aromatic rings. The molecule has 0 aliphatic rings. The maximum Gasteiger partial charge on any atom is 0.326 e. The molecule has 0 spiro atoms. The third-order valence-electron chi connectivity index (χ3n) is 2.29. The van der Waals surface area contributed by atoms with Gasteiger partial charge in [-0.25, -0.2) is 9.59 Å². The normalized spacial score (nSPS) is 11.8. The molecular formula is C11H16N2O3S. The van der Waals surface area contributed by atoms with Crippen molar-refractivity contribution in [2.24, 2.45) is 0 Å². The van der Waals surface area contributed by atoms with E-state index in [0.29, 0.717) is 13.0 Å². The van der Waals surface area contributed by atoms with Crippen LogP contribution < -0.4 is 10.6 Å². The molecule has 1 atom stereocenters. The minimum atomic E-state index is -1.01. The van der Waals surface area contributed by atoms with Crippen LogP contribution in [0.1, 0.15) is 18.9 Å². The molecule has 6 heteroatoms. The van der Waals surface area contributed by atoms with E-state index in [-0.39, 0.29) is 0 Å². The lowest BCUT2D eigenvalue weighted by molar-refractivity contribution is -0.139. The fourth-order valence-electron chi connectivity index (χ4n) is 1.30. The smallest absolute Gasteiger partial charge is 0.326 e. The monoisotopic (exact) mass is 256 g/mol. The number of rotatable bonds is 6. The summed E-state index contributed by atoms with van der Waals surface area (Å²) in [4.78, 5) is 22.0. The highest BCUT2D eigenvalue weighted by molar-refractivity contribution is 7.07. The SMILES string of the molecule is CCC(NC(=O)NCCc1ccsc1)C(=O)O. The van der Waals surface area contributed by atoms with Crippen LogP contribution in [0.15, 0.2) is 16.8 Å². The van der Waals surface area contributed by atoms with Crippen molar-refractivity contribution < 1.29 is 14.7 Å². The Hall–Kier alpha value is -1.56. The van der Waals surface area contributed by atoms with Gasteiger partial charge in [0.15, 0.2) is 0 Å². The number of carboxylic acid groups (broad SMARTS) is 1. The summed E-state index contributed by atoms with van der Waals surface area (Å²) in [7, 11) is 0. The van der Waals surface area contributed by atoms with Crippen LogP contribution in [0.5, 0.6) is 0 Å². The Labute approximate surface area is 104 Å². The Morgan fingerprint density at radius 3 is 2.82 bits per heavy atom. The van der Waals surface area contributed by atoms with Crippen LogP contribution in [0.25, 0.3) is 0 Å². The van der Waals surface area contributed by atoms with E-state index in [1.54, 1.807) is 18.3 Å². The van der Waals surface area contributed by atoms with E-state index in [4.69, 9.17) is 5.11 Å². The predicted octanol–water partition coefficient (Wildman–Crippen LogP) is 1.45. The molecule has 94 valence electrons. The van der Waals surface area contributed by atoms with Crippen molar-refractivity contribution >= 4 is 23.3 Å². The average Bonchev–Trinajstić information content (AvgIpc) is 2.78. The Balaban J connectivity index is 2.23. The number of amides is 2. The lowest BCUT2D eigenvalue weighted by atomic mass is 10.2. The third kappa shape index (κ3) is 4.86. The summed E-state index contributed by atoms with van der Waals surface area (Å²) in [5, 5.41) is 17.8. The molecule has 2 amide bonds. The molecule has 1 heterocycles. The van der Waals surface area contributed by atoms with Crippen molar-refractivity contribution in [1.29, 1.82) is 0 Å². The zero-order valence-corrected chi connectivity index (χ0v) is 10.4. The summed E-state index contributed by atoms with van der Waals surface area (Å²) in [6.45, 7) is 2.21. The first kappa shape index (κ1) is 13.5. The number of carboxylic acids is 1. The first-order valence-corrected chi connectivity index (χ1v) is 6.36. The van der Waals surface area contributed by atoms with Gasteiger partial charge in [0.1, 0.15) is 6.04 Å². The summed E-state index contributed by atoms with van der Waals surface area (Å²) >= 11 is 1.61. The maximum atomic E-state index is 11.4. The van der Waals surface area contributed by atoms with Gasteiger partial charge in [0.05, 0.1) is 0 Å². The van der Waals surface area contributed by atoms with E-state index < -0.39 is 18.0 Å². The molecule has 1 rings (SSSR count). The molecule has 1 aromatic heterocycles. The number of hydrogen-bond acceptors (Lipinski definition) is 3. The number of thiophene rings is 1. The standard InChI is InChI=1S/C11H16N2O3S/c1-2-9(10(14)15)13-11(16)12-5-3-8-4-6-17-7-8/h4,6-7,9H,2-3,5H2,1H3,(H,14,15)(H2,12,13,16). The van der Waals surface area contributed by atoms with Gasteiger partial charge in [0.25, 0.3) is 0 Å². The van der Waals surface area contributed by atoms with Crippen molar-refractivity contribution in [1.82, 2.24) is 10.6 Å². The van der Waals surface area contributed by atoms with Crippen LogP contribution in [0.4, 0.5) is 4.79 Å². The van der Waals surface area contributed by atoms with Crippen LogP contribution in [-0.4, -0.2) is 29.7 Å². The van der Waals surface area contributed by atoms with Gasteiger partial charge in [-0.1, -0.05) is 6.92 Å². The molecule has 1 unspecified atom stereocenters. The van der Waals surface area contributed by atoms with Gasteiger partial charge >= 0.3 is 12.0 Å². The van der Waals surface area contributed by atoms with E-state index in [0.717, 1.165) is 6.42 Å². The van der Waals surface area contributed by atoms with E-state index >= 15 is 0 Å². The van der Waals surface area contributed by atoms with Gasteiger partial charge < -0.3 is 15.7 Å². The molecule has 5 nitrogen and oxygen atoms in total. The largest absolute Gasteiger partial charge is 0.480 e. The highest BCUT2D eigenvalue weighted by atomic mass is 32.1. The van der Waals surface area contributed by atoms with Gasteiger partial charge in [-0.3, -0.25) is 0 Å². The molecule has 0 radical (unpaired) electrons. The van der Waals surface area contributed by atoms with E-state index in [1.165, 1.54) is 5.56 Å². The Morgan fingerprint density at radius 2 is 2.29 bits per heavy atom. The fraction of sp³-hybridized carbons (Fsp3) is 0.455. The highest BCUT2D eigenvalue weighted by Crippen LogP contribution is 2.05. The summed E-state index contributed by atoms with van der Waals surface area (Å²) in [5.74, 6) is -1.01. The highest BCUT2D eigenvalue weighted by Gasteiger charge is 2.16. The van der Waals surface area contributed by atoms with Crippen LogP contribution in [0.2, 0.25) is 0 Å². The first-order chi connectivity index (χ1) is 8.13. The second-order valence-corrected chi connectivity index (χ2v) is 4.36. The molecular weight excluding hydrogens is 240 g/mol. The van der Waals surface area contributed by atoms with Crippen LogP contribution >= 0.6 is 11.3 Å². The van der Waals surface area contributed by atoms with Crippen LogP contribution in [-0.2, 0) is 11.2 Å².